The Hall–Kier alpha value is -9.58. The second-order valence-corrected chi connectivity index (χ2v) is 13.9. The maximum absolute atomic E-state index is 16.8. The Morgan fingerprint density at radius 3 is 1.71 bits per heavy atom. The number of ether oxygens (including phenoxy) is 6. The maximum atomic E-state index is 16.8. The molecule has 4 aromatic rings. The van der Waals surface area contributed by atoms with Gasteiger partial charge in [0.05, 0.1) is 36.3 Å². The molecule has 69 heavy (non-hydrogen) atoms. The molecule has 0 heterocycles. The van der Waals surface area contributed by atoms with Gasteiger partial charge in [-0.25, -0.2) is 28.4 Å². The molecule has 0 spiro atoms. The van der Waals surface area contributed by atoms with E-state index in [0.29, 0.717) is 27.8 Å². The van der Waals surface area contributed by atoms with E-state index in [4.69, 9.17) is 23.7 Å². The van der Waals surface area contributed by atoms with Gasteiger partial charge in [-0.3, -0.25) is 0 Å². The molecule has 0 fully saturated rings. The Kier molecular flexibility index (Phi) is 18.6. The molecular weight excluding hydrogens is 894 g/mol. The third-order valence-corrected chi connectivity index (χ3v) is 9.17. The summed E-state index contributed by atoms with van der Waals surface area (Å²) in [6, 6.07) is 17.9. The Balaban J connectivity index is 1.89. The molecule has 4 rings (SSSR count). The summed E-state index contributed by atoms with van der Waals surface area (Å²) >= 11 is 0. The zero-order valence-electron chi connectivity index (χ0n) is 37.5. The number of carbonyl (C=O) groups is 5. The third kappa shape index (κ3) is 14.5. The Labute approximate surface area is 395 Å². The molecule has 0 radical (unpaired) electrons. The molecule has 0 amide bonds. The Morgan fingerprint density at radius 2 is 1.14 bits per heavy atom. The molecule has 11 nitrogen and oxygen atoms in total. The fourth-order valence-corrected chi connectivity index (χ4v) is 5.46. The smallest absolute Gasteiger partial charge is 0.371 e. The molecule has 0 N–H and O–H groups in total. The number of hydrogen-bond donors (Lipinski definition) is 0. The monoisotopic (exact) mass is 932 g/mol. The summed E-state index contributed by atoms with van der Waals surface area (Å²) in [5, 5.41) is 0. The van der Waals surface area contributed by atoms with Gasteiger partial charge >= 0.3 is 29.8 Å². The molecule has 14 heteroatoms. The van der Waals surface area contributed by atoms with Gasteiger partial charge in [-0.05, 0) is 96.5 Å². The van der Waals surface area contributed by atoms with Crippen LogP contribution in [0.4, 0.5) is 13.2 Å². The third-order valence-electron chi connectivity index (χ3n) is 9.17. The molecule has 0 aliphatic rings. The number of rotatable bonds is 14. The summed E-state index contributed by atoms with van der Waals surface area (Å²) in [5.74, 6) is 2.98. The van der Waals surface area contributed by atoms with Crippen molar-refractivity contribution in [3.63, 3.8) is 0 Å². The highest BCUT2D eigenvalue weighted by Gasteiger charge is 2.26. The molecule has 0 atom stereocenters. The fraction of sp³-hybridized carbons (Fsp3) is 0.0727. The van der Waals surface area contributed by atoms with Gasteiger partial charge in [0.15, 0.2) is 17.3 Å². The van der Waals surface area contributed by atoms with Crippen molar-refractivity contribution in [2.24, 2.45) is 0 Å². The number of hydrogen-bond acceptors (Lipinski definition) is 11. The van der Waals surface area contributed by atoms with Gasteiger partial charge in [-0.1, -0.05) is 99.0 Å². The zero-order chi connectivity index (χ0) is 50.8. The predicted octanol–water partition coefficient (Wildman–Crippen LogP) is 10.2. The van der Waals surface area contributed by atoms with E-state index in [0.717, 1.165) is 36.7 Å². The zero-order valence-corrected chi connectivity index (χ0v) is 37.5. The van der Waals surface area contributed by atoms with Gasteiger partial charge in [-0.15, -0.1) is 0 Å². The second kappa shape index (κ2) is 24.6. The van der Waals surface area contributed by atoms with Crippen molar-refractivity contribution in [1.29, 1.82) is 0 Å². The van der Waals surface area contributed by atoms with Gasteiger partial charge in [-0.2, -0.15) is 8.78 Å². The van der Waals surface area contributed by atoms with Crippen molar-refractivity contribution in [3.8, 4) is 53.0 Å². The van der Waals surface area contributed by atoms with Crippen molar-refractivity contribution in [2.45, 2.75) is 20.8 Å². The highest BCUT2D eigenvalue weighted by molar-refractivity contribution is 5.92. The van der Waals surface area contributed by atoms with Crippen molar-refractivity contribution >= 4 is 53.1 Å². The highest BCUT2D eigenvalue weighted by atomic mass is 19.1. The first-order chi connectivity index (χ1) is 32.9. The number of methoxy groups -OCH3 is 1. The maximum Gasteiger partial charge on any atom is 0.371 e. The lowest BCUT2D eigenvalue weighted by Crippen LogP contribution is -2.10. The lowest BCUT2D eigenvalue weighted by atomic mass is 9.95. The first-order valence-corrected chi connectivity index (χ1v) is 19.9. The molecule has 0 aromatic heterocycles. The molecule has 0 aliphatic heterocycles. The summed E-state index contributed by atoms with van der Waals surface area (Å²) in [4.78, 5) is 60.4. The van der Waals surface area contributed by atoms with Crippen LogP contribution in [0.3, 0.4) is 0 Å². The van der Waals surface area contributed by atoms with Crippen molar-refractivity contribution in [2.75, 3.05) is 7.11 Å². The second-order valence-electron chi connectivity index (χ2n) is 13.9. The predicted molar refractivity (Wildman–Crippen MR) is 253 cm³/mol. The number of carbonyl (C=O) groups excluding carboxylic acids is 5. The van der Waals surface area contributed by atoms with Crippen LogP contribution >= 0.6 is 0 Å². The molecule has 4 aromatic carbocycles. The summed E-state index contributed by atoms with van der Waals surface area (Å²) in [5.41, 5.74) is 3.13. The van der Waals surface area contributed by atoms with Gasteiger partial charge in [0, 0.05) is 23.3 Å². The van der Waals surface area contributed by atoms with Crippen LogP contribution in [0.15, 0.2) is 142 Å². The standard InChI is InChI=1S/C55H39F3O11/c1-10-48(59)65-31-28-45-44(50(58)52(64-9)46(51(45)69-49(60)11-2)24-18-38-12-14-39(15-13-38)26-29-66-53(61)33(3)4)25-23-42-21-22-43(32-47(42)68-55(63)37(8)57)35(6)34(5)41-19-16-40(17-20-41)27-30-67-54(62)36(7)56/h10-17,19-22,26-27,29-30,32H,1-3,7-8H2,4-6,9H3. The van der Waals surface area contributed by atoms with Gasteiger partial charge in [0.1, 0.15) is 17.4 Å². The van der Waals surface area contributed by atoms with Crippen LogP contribution in [-0.4, -0.2) is 37.0 Å². The Morgan fingerprint density at radius 1 is 0.594 bits per heavy atom. The van der Waals surface area contributed by atoms with Crippen LogP contribution in [0, 0.1) is 41.5 Å². The summed E-state index contributed by atoms with van der Waals surface area (Å²) < 4.78 is 74.7. The number of esters is 5. The van der Waals surface area contributed by atoms with Crippen molar-refractivity contribution in [3.05, 3.63) is 197 Å². The minimum atomic E-state index is -1.45. The van der Waals surface area contributed by atoms with Crippen LogP contribution in [-0.2, 0) is 38.2 Å². The van der Waals surface area contributed by atoms with E-state index in [-0.39, 0.29) is 22.4 Å². The molecule has 0 aliphatic carbocycles. The number of halogens is 3. The first-order valence-electron chi connectivity index (χ1n) is 19.9. The molecule has 0 bridgehead atoms. The van der Waals surface area contributed by atoms with Crippen LogP contribution in [0.2, 0.25) is 0 Å². The van der Waals surface area contributed by atoms with E-state index in [2.05, 4.69) is 73.3 Å². The fourth-order valence-electron chi connectivity index (χ4n) is 5.46. The van der Waals surface area contributed by atoms with E-state index in [1.165, 1.54) is 37.5 Å². The van der Waals surface area contributed by atoms with E-state index in [9.17, 15) is 32.8 Å². The van der Waals surface area contributed by atoms with Gasteiger partial charge < -0.3 is 28.4 Å². The molecular formula is C55H39F3O11. The van der Waals surface area contributed by atoms with E-state index < -0.39 is 69.9 Å². The van der Waals surface area contributed by atoms with Crippen molar-refractivity contribution < 1.29 is 65.6 Å². The quantitative estimate of drug-likeness (QED) is 0.0227. The lowest BCUT2D eigenvalue weighted by molar-refractivity contribution is -0.135. The highest BCUT2D eigenvalue weighted by Crippen LogP contribution is 2.38. The molecule has 0 saturated carbocycles. The van der Waals surface area contributed by atoms with Crippen LogP contribution in [0.25, 0.3) is 23.3 Å². The minimum Gasteiger partial charge on any atom is -0.492 e. The SMILES string of the molecule is C=CC(=O)OC#Cc1c(C#Cc2ccc(C(C)=C(C)c3ccc(C=COC(=O)C(=C)F)cc3)cc2OC(=O)C(=C)F)c(F)c(OC)c(C#Cc2ccc(C=COC(=O)C(=C)C)cc2)c1OC(=O)C=C. The number of allylic oxidation sites excluding steroid dienone is 2. The molecule has 0 unspecified atom stereocenters. The van der Waals surface area contributed by atoms with Crippen molar-refractivity contribution in [1.82, 2.24) is 0 Å². The summed E-state index contributed by atoms with van der Waals surface area (Å²) in [6.45, 7) is 21.2. The summed E-state index contributed by atoms with van der Waals surface area (Å²) in [6.07, 6.45) is 8.94. The largest absolute Gasteiger partial charge is 0.492 e. The average Bonchev–Trinajstić information content (AvgIpc) is 3.33. The average molecular weight is 933 g/mol. The van der Waals surface area contributed by atoms with Crippen LogP contribution in [0.1, 0.15) is 70.8 Å². The normalized spacial score (nSPS) is 10.6. The lowest BCUT2D eigenvalue weighted by Gasteiger charge is -2.15. The summed E-state index contributed by atoms with van der Waals surface area (Å²) in [7, 11) is 1.12. The van der Waals surface area contributed by atoms with Crippen LogP contribution in [0.5, 0.6) is 17.2 Å². The van der Waals surface area contributed by atoms with Gasteiger partial charge in [0.2, 0.25) is 11.7 Å². The van der Waals surface area contributed by atoms with E-state index in [1.807, 2.05) is 6.92 Å². The number of benzene rings is 4. The molecule has 346 valence electrons. The van der Waals surface area contributed by atoms with Crippen LogP contribution < -0.4 is 14.2 Å². The van der Waals surface area contributed by atoms with E-state index >= 15 is 4.39 Å². The minimum absolute atomic E-state index is 0.0666. The topological polar surface area (TPSA) is 141 Å². The van der Waals surface area contributed by atoms with Gasteiger partial charge in [0.25, 0.3) is 0 Å². The first kappa shape index (κ1) is 52.0. The Bertz CT molecular complexity index is 3100. The van der Waals surface area contributed by atoms with E-state index in [1.54, 1.807) is 61.5 Å². The molecule has 0 saturated heterocycles.